The Hall–Kier alpha value is -0.780. The Morgan fingerprint density at radius 2 is 1.64 bits per heavy atom. The van der Waals surface area contributed by atoms with Gasteiger partial charge in [-0.3, -0.25) is 0 Å². The molecule has 0 heteroatoms. The predicted octanol–water partition coefficient (Wildman–Crippen LogP) is 4.62. The summed E-state index contributed by atoms with van der Waals surface area (Å²) < 4.78 is 0. The van der Waals surface area contributed by atoms with Gasteiger partial charge in [0.1, 0.15) is 0 Å². The highest BCUT2D eigenvalue weighted by Crippen LogP contribution is 2.37. The number of hydrogen-bond acceptors (Lipinski definition) is 0. The van der Waals surface area contributed by atoms with Crippen LogP contribution in [0.25, 0.3) is 0 Å². The zero-order valence-corrected chi connectivity index (χ0v) is 9.66. The first-order valence-corrected chi connectivity index (χ1v) is 5.91. The van der Waals surface area contributed by atoms with Gasteiger partial charge in [-0.05, 0) is 30.2 Å². The van der Waals surface area contributed by atoms with E-state index in [1.165, 1.54) is 19.3 Å². The maximum Gasteiger partial charge on any atom is -0.0159 e. The maximum absolute atomic E-state index is 2.36. The largest absolute Gasteiger partial charge is 0.0683 e. The minimum absolute atomic E-state index is 0.848. The van der Waals surface area contributed by atoms with Gasteiger partial charge in [-0.2, -0.15) is 0 Å². The van der Waals surface area contributed by atoms with Gasteiger partial charge in [0.25, 0.3) is 0 Å². The normalized spacial score (nSPS) is 25.4. The average molecular weight is 190 g/mol. The van der Waals surface area contributed by atoms with Crippen LogP contribution in [0.1, 0.15) is 51.5 Å². The summed E-state index contributed by atoms with van der Waals surface area (Å²) in [7, 11) is 0. The molecule has 0 spiro atoms. The molecule has 1 aromatic rings. The molecule has 0 heterocycles. The van der Waals surface area contributed by atoms with Crippen LogP contribution in [-0.2, 0) is 0 Å². The van der Waals surface area contributed by atoms with Crippen molar-refractivity contribution in [3.05, 3.63) is 35.9 Å². The molecule has 0 aromatic heterocycles. The minimum atomic E-state index is 0.848. The third kappa shape index (κ3) is 2.87. The standard InChI is InChI=1S/C12H16.C2H6/c1-10-7-8-12(9-10)11-5-3-2-4-6-11;1-2/h2-6,10,12H,7-9H2,1H3;1-2H3/t10?,12-;/m1./s1. The summed E-state index contributed by atoms with van der Waals surface area (Å²) in [5, 5.41) is 0. The van der Waals surface area contributed by atoms with Gasteiger partial charge in [0.05, 0.1) is 0 Å². The zero-order valence-electron chi connectivity index (χ0n) is 9.66. The summed E-state index contributed by atoms with van der Waals surface area (Å²) in [6.45, 7) is 6.36. The van der Waals surface area contributed by atoms with Crippen molar-refractivity contribution in [2.75, 3.05) is 0 Å². The Kier molecular flexibility index (Phi) is 4.72. The SMILES string of the molecule is CC.CC1CC[C@@H](c2ccccc2)C1. The van der Waals surface area contributed by atoms with Crippen LogP contribution >= 0.6 is 0 Å². The molecule has 2 rings (SSSR count). The van der Waals surface area contributed by atoms with E-state index in [2.05, 4.69) is 37.3 Å². The van der Waals surface area contributed by atoms with Crippen LogP contribution in [-0.4, -0.2) is 0 Å². The maximum atomic E-state index is 2.36. The Balaban J connectivity index is 0.000000461. The van der Waals surface area contributed by atoms with Gasteiger partial charge in [0.15, 0.2) is 0 Å². The van der Waals surface area contributed by atoms with Crippen LogP contribution in [0.5, 0.6) is 0 Å². The van der Waals surface area contributed by atoms with E-state index in [1.54, 1.807) is 5.56 Å². The fraction of sp³-hybridized carbons (Fsp3) is 0.571. The lowest BCUT2D eigenvalue weighted by Gasteiger charge is -2.08. The van der Waals surface area contributed by atoms with Crippen molar-refractivity contribution >= 4 is 0 Å². The zero-order chi connectivity index (χ0) is 10.4. The van der Waals surface area contributed by atoms with Crippen LogP contribution in [0, 0.1) is 5.92 Å². The molecule has 1 aromatic carbocycles. The third-order valence-electron chi connectivity index (χ3n) is 2.97. The van der Waals surface area contributed by atoms with E-state index in [4.69, 9.17) is 0 Å². The van der Waals surface area contributed by atoms with Gasteiger partial charge in [-0.25, -0.2) is 0 Å². The van der Waals surface area contributed by atoms with E-state index >= 15 is 0 Å². The first-order chi connectivity index (χ1) is 6.86. The number of hydrogen-bond donors (Lipinski definition) is 0. The summed E-state index contributed by atoms with van der Waals surface area (Å²) in [6, 6.07) is 10.9. The molecule has 2 atom stereocenters. The molecule has 1 unspecified atom stereocenters. The molecular formula is C14H22. The Bertz CT molecular complexity index is 237. The number of rotatable bonds is 1. The molecule has 1 aliphatic carbocycles. The topological polar surface area (TPSA) is 0 Å². The molecule has 0 saturated heterocycles. The van der Waals surface area contributed by atoms with Gasteiger partial charge in [-0.1, -0.05) is 57.5 Å². The molecule has 1 fully saturated rings. The second-order valence-electron chi connectivity index (χ2n) is 4.03. The summed E-state index contributed by atoms with van der Waals surface area (Å²) in [5.41, 5.74) is 1.54. The fourth-order valence-corrected chi connectivity index (χ4v) is 2.24. The van der Waals surface area contributed by atoms with Crippen molar-refractivity contribution in [1.82, 2.24) is 0 Å². The van der Waals surface area contributed by atoms with Crippen LogP contribution in [0.3, 0.4) is 0 Å². The van der Waals surface area contributed by atoms with Crippen molar-refractivity contribution in [2.24, 2.45) is 5.92 Å². The van der Waals surface area contributed by atoms with Crippen molar-refractivity contribution in [1.29, 1.82) is 0 Å². The summed E-state index contributed by atoms with van der Waals surface area (Å²) in [6.07, 6.45) is 4.20. The highest BCUT2D eigenvalue weighted by Gasteiger charge is 2.21. The Morgan fingerprint density at radius 1 is 1.00 bits per heavy atom. The van der Waals surface area contributed by atoms with Crippen LogP contribution < -0.4 is 0 Å². The molecular weight excluding hydrogens is 168 g/mol. The van der Waals surface area contributed by atoms with E-state index in [0.717, 1.165) is 11.8 Å². The molecule has 0 N–H and O–H groups in total. The van der Waals surface area contributed by atoms with E-state index in [-0.39, 0.29) is 0 Å². The average Bonchev–Trinajstić information content (AvgIpc) is 2.69. The summed E-state index contributed by atoms with van der Waals surface area (Å²) >= 11 is 0. The molecule has 14 heavy (non-hydrogen) atoms. The van der Waals surface area contributed by atoms with Crippen LogP contribution in [0.15, 0.2) is 30.3 Å². The Morgan fingerprint density at radius 3 is 2.14 bits per heavy atom. The molecule has 1 aliphatic rings. The predicted molar refractivity (Wildman–Crippen MR) is 63.5 cm³/mol. The van der Waals surface area contributed by atoms with E-state index < -0.39 is 0 Å². The smallest absolute Gasteiger partial charge is 0.0159 e. The lowest BCUT2D eigenvalue weighted by atomic mass is 9.97. The second kappa shape index (κ2) is 5.85. The minimum Gasteiger partial charge on any atom is -0.0683 e. The van der Waals surface area contributed by atoms with Gasteiger partial charge < -0.3 is 0 Å². The Labute approximate surface area is 88.4 Å². The van der Waals surface area contributed by atoms with Crippen molar-refractivity contribution in [3.8, 4) is 0 Å². The molecule has 0 bridgehead atoms. The highest BCUT2D eigenvalue weighted by molar-refractivity contribution is 5.20. The van der Waals surface area contributed by atoms with Crippen molar-refractivity contribution in [2.45, 2.75) is 46.0 Å². The molecule has 0 amide bonds. The van der Waals surface area contributed by atoms with Gasteiger partial charge in [0.2, 0.25) is 0 Å². The van der Waals surface area contributed by atoms with Gasteiger partial charge in [-0.15, -0.1) is 0 Å². The summed E-state index contributed by atoms with van der Waals surface area (Å²) in [4.78, 5) is 0. The monoisotopic (exact) mass is 190 g/mol. The highest BCUT2D eigenvalue weighted by atomic mass is 14.3. The van der Waals surface area contributed by atoms with E-state index in [1.807, 2.05) is 13.8 Å². The van der Waals surface area contributed by atoms with Crippen molar-refractivity contribution < 1.29 is 0 Å². The van der Waals surface area contributed by atoms with Gasteiger partial charge >= 0.3 is 0 Å². The van der Waals surface area contributed by atoms with Crippen molar-refractivity contribution in [3.63, 3.8) is 0 Å². The molecule has 0 aliphatic heterocycles. The van der Waals surface area contributed by atoms with E-state index in [9.17, 15) is 0 Å². The number of benzene rings is 1. The van der Waals surface area contributed by atoms with Crippen LogP contribution in [0.2, 0.25) is 0 Å². The second-order valence-corrected chi connectivity index (χ2v) is 4.03. The van der Waals surface area contributed by atoms with Crippen LogP contribution in [0.4, 0.5) is 0 Å². The lowest BCUT2D eigenvalue weighted by molar-refractivity contribution is 0.596. The lowest BCUT2D eigenvalue weighted by Crippen LogP contribution is -1.92. The third-order valence-corrected chi connectivity index (χ3v) is 2.97. The van der Waals surface area contributed by atoms with E-state index in [0.29, 0.717) is 0 Å². The quantitative estimate of drug-likeness (QED) is 0.606. The van der Waals surface area contributed by atoms with Gasteiger partial charge in [0, 0.05) is 0 Å². The first-order valence-electron chi connectivity index (χ1n) is 5.91. The first kappa shape index (κ1) is 11.3. The summed E-state index contributed by atoms with van der Waals surface area (Å²) in [5.74, 6) is 1.79. The molecule has 0 radical (unpaired) electrons. The molecule has 1 saturated carbocycles. The molecule has 0 nitrogen and oxygen atoms in total. The molecule has 78 valence electrons. The fourth-order valence-electron chi connectivity index (χ4n) is 2.24.